The number of aliphatic hydroxyl groups excluding tert-OH is 1. The van der Waals surface area contributed by atoms with Gasteiger partial charge in [0.05, 0.1) is 20.3 Å². The topological polar surface area (TPSA) is 38.7 Å². The first-order valence-corrected chi connectivity index (χ1v) is 5.63. The Hall–Kier alpha value is -1.22. The van der Waals surface area contributed by atoms with Gasteiger partial charge in [-0.25, -0.2) is 0 Å². The summed E-state index contributed by atoms with van der Waals surface area (Å²) in [5, 5.41) is 10.0. The molecule has 0 radical (unpaired) electrons. The van der Waals surface area contributed by atoms with Gasteiger partial charge in [0.15, 0.2) is 0 Å². The predicted octanol–water partition coefficient (Wildman–Crippen LogP) is 2.93. The zero-order valence-corrected chi connectivity index (χ0v) is 10.2. The van der Waals surface area contributed by atoms with Crippen LogP contribution in [0.4, 0.5) is 0 Å². The van der Waals surface area contributed by atoms with Gasteiger partial charge in [0, 0.05) is 5.56 Å². The lowest BCUT2D eigenvalue weighted by atomic mass is 10.0. The van der Waals surface area contributed by atoms with Crippen molar-refractivity contribution in [2.45, 2.75) is 32.3 Å². The molecule has 0 saturated heterocycles. The van der Waals surface area contributed by atoms with Crippen LogP contribution in [0, 0.1) is 0 Å². The lowest BCUT2D eigenvalue weighted by Gasteiger charge is -2.15. The molecular formula is C13H20O3. The Morgan fingerprint density at radius 2 is 2.00 bits per heavy atom. The molecule has 0 aliphatic heterocycles. The molecule has 16 heavy (non-hydrogen) atoms. The van der Waals surface area contributed by atoms with Gasteiger partial charge < -0.3 is 14.6 Å². The van der Waals surface area contributed by atoms with Crippen LogP contribution in [0.5, 0.6) is 11.5 Å². The minimum absolute atomic E-state index is 0.481. The summed E-state index contributed by atoms with van der Waals surface area (Å²) in [6.07, 6.45) is 2.34. The molecule has 1 atom stereocenters. The second-order valence-corrected chi connectivity index (χ2v) is 3.77. The summed E-state index contributed by atoms with van der Waals surface area (Å²) in [7, 11) is 3.22. The third-order valence-electron chi connectivity index (χ3n) is 2.63. The average molecular weight is 224 g/mol. The quantitative estimate of drug-likeness (QED) is 0.807. The maximum absolute atomic E-state index is 10.0. The SMILES string of the molecule is CCCCC(O)c1cc(OC)ccc1OC. The Morgan fingerprint density at radius 3 is 2.56 bits per heavy atom. The van der Waals surface area contributed by atoms with Crippen molar-refractivity contribution in [1.29, 1.82) is 0 Å². The van der Waals surface area contributed by atoms with E-state index in [9.17, 15) is 5.11 Å². The Bertz CT molecular complexity index is 323. The van der Waals surface area contributed by atoms with Crippen molar-refractivity contribution in [2.24, 2.45) is 0 Å². The highest BCUT2D eigenvalue weighted by atomic mass is 16.5. The van der Waals surface area contributed by atoms with E-state index in [2.05, 4.69) is 6.92 Å². The summed E-state index contributed by atoms with van der Waals surface area (Å²) in [4.78, 5) is 0. The first-order chi connectivity index (χ1) is 7.72. The molecule has 1 unspecified atom stereocenters. The van der Waals surface area contributed by atoms with Gasteiger partial charge in [-0.3, -0.25) is 0 Å². The van der Waals surface area contributed by atoms with Crippen LogP contribution >= 0.6 is 0 Å². The Balaban J connectivity index is 2.89. The number of methoxy groups -OCH3 is 2. The molecule has 0 bridgehead atoms. The molecule has 0 aliphatic rings. The maximum Gasteiger partial charge on any atom is 0.124 e. The van der Waals surface area contributed by atoms with E-state index in [0.29, 0.717) is 5.75 Å². The lowest BCUT2D eigenvalue weighted by molar-refractivity contribution is 0.160. The van der Waals surface area contributed by atoms with Crippen LogP contribution in [0.2, 0.25) is 0 Å². The second kappa shape index (κ2) is 6.38. The van der Waals surface area contributed by atoms with Gasteiger partial charge in [-0.1, -0.05) is 19.8 Å². The number of hydrogen-bond acceptors (Lipinski definition) is 3. The summed E-state index contributed by atoms with van der Waals surface area (Å²) in [6, 6.07) is 5.48. The fourth-order valence-corrected chi connectivity index (χ4v) is 1.65. The van der Waals surface area contributed by atoms with Crippen LogP contribution in [0.1, 0.15) is 37.9 Å². The van der Waals surface area contributed by atoms with Crippen LogP contribution < -0.4 is 9.47 Å². The Kier molecular flexibility index (Phi) is 5.12. The van der Waals surface area contributed by atoms with Gasteiger partial charge in [0.25, 0.3) is 0 Å². The van der Waals surface area contributed by atoms with E-state index in [4.69, 9.17) is 9.47 Å². The molecule has 0 aromatic heterocycles. The molecule has 1 rings (SSSR count). The fourth-order valence-electron chi connectivity index (χ4n) is 1.65. The van der Waals surface area contributed by atoms with Gasteiger partial charge in [-0.15, -0.1) is 0 Å². The molecule has 1 N–H and O–H groups in total. The van der Waals surface area contributed by atoms with Crippen molar-refractivity contribution in [3.63, 3.8) is 0 Å². The highest BCUT2D eigenvalue weighted by Crippen LogP contribution is 2.31. The van der Waals surface area contributed by atoms with Crippen molar-refractivity contribution in [2.75, 3.05) is 14.2 Å². The predicted molar refractivity (Wildman–Crippen MR) is 64.0 cm³/mol. The highest BCUT2D eigenvalue weighted by Gasteiger charge is 2.13. The van der Waals surface area contributed by atoms with Crippen LogP contribution in [-0.2, 0) is 0 Å². The van der Waals surface area contributed by atoms with Gasteiger partial charge in [0.1, 0.15) is 11.5 Å². The van der Waals surface area contributed by atoms with Crippen LogP contribution in [0.3, 0.4) is 0 Å². The number of unbranched alkanes of at least 4 members (excludes halogenated alkanes) is 1. The van der Waals surface area contributed by atoms with Gasteiger partial charge in [-0.2, -0.15) is 0 Å². The number of benzene rings is 1. The number of aliphatic hydroxyl groups is 1. The van der Waals surface area contributed by atoms with E-state index >= 15 is 0 Å². The van der Waals surface area contributed by atoms with Gasteiger partial charge in [-0.05, 0) is 24.6 Å². The van der Waals surface area contributed by atoms with E-state index < -0.39 is 6.10 Å². The molecular weight excluding hydrogens is 204 g/mol. The van der Waals surface area contributed by atoms with E-state index in [1.165, 1.54) is 0 Å². The lowest BCUT2D eigenvalue weighted by Crippen LogP contribution is -2.01. The third kappa shape index (κ3) is 3.14. The summed E-state index contributed by atoms with van der Waals surface area (Å²) in [5.74, 6) is 1.45. The summed E-state index contributed by atoms with van der Waals surface area (Å²) in [5.41, 5.74) is 0.801. The van der Waals surface area contributed by atoms with Crippen molar-refractivity contribution in [1.82, 2.24) is 0 Å². The Labute approximate surface area is 97.0 Å². The van der Waals surface area contributed by atoms with E-state index in [1.54, 1.807) is 14.2 Å². The largest absolute Gasteiger partial charge is 0.497 e. The van der Waals surface area contributed by atoms with Crippen molar-refractivity contribution in [3.05, 3.63) is 23.8 Å². The highest BCUT2D eigenvalue weighted by molar-refractivity contribution is 5.41. The zero-order chi connectivity index (χ0) is 12.0. The Morgan fingerprint density at radius 1 is 1.25 bits per heavy atom. The molecule has 3 nitrogen and oxygen atoms in total. The van der Waals surface area contributed by atoms with Crippen LogP contribution in [0.15, 0.2) is 18.2 Å². The second-order valence-electron chi connectivity index (χ2n) is 3.77. The third-order valence-corrected chi connectivity index (χ3v) is 2.63. The average Bonchev–Trinajstić information content (AvgIpc) is 2.35. The van der Waals surface area contributed by atoms with E-state index in [0.717, 1.165) is 30.6 Å². The molecule has 0 fully saturated rings. The molecule has 0 saturated carbocycles. The van der Waals surface area contributed by atoms with E-state index in [1.807, 2.05) is 18.2 Å². The molecule has 3 heteroatoms. The number of ether oxygens (including phenoxy) is 2. The first-order valence-electron chi connectivity index (χ1n) is 5.63. The standard InChI is InChI=1S/C13H20O3/c1-4-5-6-12(14)11-9-10(15-2)7-8-13(11)16-3/h7-9,12,14H,4-6H2,1-3H3. The van der Waals surface area contributed by atoms with Gasteiger partial charge >= 0.3 is 0 Å². The molecule has 1 aromatic rings. The summed E-state index contributed by atoms with van der Waals surface area (Å²) < 4.78 is 10.4. The van der Waals surface area contributed by atoms with Crippen molar-refractivity contribution >= 4 is 0 Å². The zero-order valence-electron chi connectivity index (χ0n) is 10.2. The number of rotatable bonds is 6. The minimum Gasteiger partial charge on any atom is -0.497 e. The summed E-state index contributed by atoms with van der Waals surface area (Å²) >= 11 is 0. The molecule has 0 heterocycles. The molecule has 0 aliphatic carbocycles. The maximum atomic E-state index is 10.0. The fraction of sp³-hybridized carbons (Fsp3) is 0.538. The summed E-state index contributed by atoms with van der Waals surface area (Å²) in [6.45, 7) is 2.11. The molecule has 1 aromatic carbocycles. The van der Waals surface area contributed by atoms with Crippen LogP contribution in [-0.4, -0.2) is 19.3 Å². The van der Waals surface area contributed by atoms with Crippen LogP contribution in [0.25, 0.3) is 0 Å². The molecule has 0 amide bonds. The van der Waals surface area contributed by atoms with Crippen molar-refractivity contribution in [3.8, 4) is 11.5 Å². The van der Waals surface area contributed by atoms with Crippen molar-refractivity contribution < 1.29 is 14.6 Å². The molecule has 90 valence electrons. The number of hydrogen-bond donors (Lipinski definition) is 1. The molecule has 0 spiro atoms. The monoisotopic (exact) mass is 224 g/mol. The van der Waals surface area contributed by atoms with E-state index in [-0.39, 0.29) is 0 Å². The smallest absolute Gasteiger partial charge is 0.124 e. The normalized spacial score (nSPS) is 12.2. The van der Waals surface area contributed by atoms with Gasteiger partial charge in [0.2, 0.25) is 0 Å². The minimum atomic E-state index is -0.481. The first kappa shape index (κ1) is 12.8.